The second-order valence-corrected chi connectivity index (χ2v) is 5.96. The van der Waals surface area contributed by atoms with Gasteiger partial charge >= 0.3 is 0 Å². The zero-order chi connectivity index (χ0) is 12.5. The van der Waals surface area contributed by atoms with Crippen molar-refractivity contribution in [1.82, 2.24) is 19.5 Å². The molecule has 2 aromatic rings. The first-order valence-corrected chi connectivity index (χ1v) is 7.20. The summed E-state index contributed by atoms with van der Waals surface area (Å²) in [7, 11) is 2.19. The summed E-state index contributed by atoms with van der Waals surface area (Å²) in [6.07, 6.45) is 5.47. The molecule has 1 aliphatic heterocycles. The lowest BCUT2D eigenvalue weighted by Crippen LogP contribution is -2.31. The number of halogens is 1. The molecule has 2 aromatic heterocycles. The lowest BCUT2D eigenvalue weighted by molar-refractivity contribution is 0.217. The summed E-state index contributed by atoms with van der Waals surface area (Å²) in [6, 6.07) is 3.98. The van der Waals surface area contributed by atoms with Crippen molar-refractivity contribution in [3.8, 4) is 0 Å². The lowest BCUT2D eigenvalue weighted by Gasteiger charge is -2.28. The molecule has 0 aromatic carbocycles. The van der Waals surface area contributed by atoms with Crippen LogP contribution in [0.2, 0.25) is 0 Å². The number of hydrogen-bond acceptors (Lipinski definition) is 3. The molecule has 3 heterocycles. The van der Waals surface area contributed by atoms with Gasteiger partial charge in [0, 0.05) is 12.6 Å². The molecule has 0 aliphatic carbocycles. The molecule has 5 heteroatoms. The van der Waals surface area contributed by atoms with E-state index >= 15 is 0 Å². The van der Waals surface area contributed by atoms with Crippen LogP contribution in [0.25, 0.3) is 5.65 Å². The lowest BCUT2D eigenvalue weighted by atomic mass is 9.94. The van der Waals surface area contributed by atoms with Crippen molar-refractivity contribution >= 4 is 21.6 Å². The summed E-state index contributed by atoms with van der Waals surface area (Å²) in [5, 5.41) is 4.55. The van der Waals surface area contributed by atoms with E-state index in [1.807, 2.05) is 22.8 Å². The van der Waals surface area contributed by atoms with Crippen LogP contribution in [-0.4, -0.2) is 39.6 Å². The molecule has 0 radical (unpaired) electrons. The fourth-order valence-corrected chi connectivity index (χ4v) is 2.95. The molecule has 0 N–H and O–H groups in total. The van der Waals surface area contributed by atoms with Crippen molar-refractivity contribution in [3.63, 3.8) is 0 Å². The van der Waals surface area contributed by atoms with Crippen LogP contribution < -0.4 is 0 Å². The van der Waals surface area contributed by atoms with Gasteiger partial charge in [0.1, 0.15) is 0 Å². The standard InChI is InChI=1S/C13H17BrN4/c1-17-7-4-10(5-8-17)9-12-15-13-11(14)3-2-6-18(13)16-12/h2-3,6,10H,4-5,7-9H2,1H3. The maximum atomic E-state index is 4.62. The number of aromatic nitrogens is 3. The van der Waals surface area contributed by atoms with Crippen LogP contribution in [0.5, 0.6) is 0 Å². The van der Waals surface area contributed by atoms with E-state index in [2.05, 4.69) is 38.0 Å². The predicted octanol–water partition coefficient (Wildman–Crippen LogP) is 2.38. The van der Waals surface area contributed by atoms with Gasteiger partial charge in [0.05, 0.1) is 4.47 Å². The highest BCUT2D eigenvalue weighted by atomic mass is 79.9. The van der Waals surface area contributed by atoms with Crippen LogP contribution in [0, 0.1) is 5.92 Å². The topological polar surface area (TPSA) is 33.4 Å². The smallest absolute Gasteiger partial charge is 0.169 e. The minimum absolute atomic E-state index is 0.734. The normalized spacial score (nSPS) is 18.6. The maximum Gasteiger partial charge on any atom is 0.169 e. The van der Waals surface area contributed by atoms with Gasteiger partial charge in [-0.3, -0.25) is 0 Å². The average molecular weight is 309 g/mol. The number of piperidine rings is 1. The van der Waals surface area contributed by atoms with Crippen molar-refractivity contribution in [2.45, 2.75) is 19.3 Å². The van der Waals surface area contributed by atoms with Crippen LogP contribution in [-0.2, 0) is 6.42 Å². The van der Waals surface area contributed by atoms with Crippen LogP contribution in [0.3, 0.4) is 0 Å². The number of rotatable bonds is 2. The number of pyridine rings is 1. The third-order valence-electron chi connectivity index (χ3n) is 3.67. The first-order valence-electron chi connectivity index (χ1n) is 6.40. The zero-order valence-corrected chi connectivity index (χ0v) is 12.1. The molecule has 1 saturated heterocycles. The third-order valence-corrected chi connectivity index (χ3v) is 4.29. The Kier molecular flexibility index (Phi) is 3.35. The van der Waals surface area contributed by atoms with Crippen molar-refractivity contribution in [3.05, 3.63) is 28.6 Å². The minimum atomic E-state index is 0.734. The van der Waals surface area contributed by atoms with Crippen LogP contribution in [0.4, 0.5) is 0 Å². The Morgan fingerprint density at radius 3 is 2.89 bits per heavy atom. The Hall–Kier alpha value is -0.940. The van der Waals surface area contributed by atoms with Crippen molar-refractivity contribution in [2.24, 2.45) is 5.92 Å². The molecule has 96 valence electrons. The Balaban J connectivity index is 1.77. The molecule has 0 unspecified atom stereocenters. The van der Waals surface area contributed by atoms with Gasteiger partial charge in [-0.15, -0.1) is 0 Å². The molecule has 0 bridgehead atoms. The Labute approximate surface area is 115 Å². The van der Waals surface area contributed by atoms with Crippen LogP contribution in [0.1, 0.15) is 18.7 Å². The molecular weight excluding hydrogens is 292 g/mol. The van der Waals surface area contributed by atoms with Gasteiger partial charge in [0.15, 0.2) is 11.5 Å². The van der Waals surface area contributed by atoms with Crippen LogP contribution in [0.15, 0.2) is 22.8 Å². The molecule has 0 spiro atoms. The highest BCUT2D eigenvalue weighted by Gasteiger charge is 2.19. The number of hydrogen-bond donors (Lipinski definition) is 0. The van der Waals surface area contributed by atoms with E-state index in [0.29, 0.717) is 0 Å². The molecule has 1 aliphatic rings. The molecule has 0 atom stereocenters. The first-order chi connectivity index (χ1) is 8.72. The van der Waals surface area contributed by atoms with Crippen molar-refractivity contribution in [1.29, 1.82) is 0 Å². The average Bonchev–Trinajstić information content (AvgIpc) is 2.76. The van der Waals surface area contributed by atoms with Gasteiger partial charge < -0.3 is 4.90 Å². The monoisotopic (exact) mass is 308 g/mol. The van der Waals surface area contributed by atoms with Crippen molar-refractivity contribution in [2.75, 3.05) is 20.1 Å². The molecule has 0 saturated carbocycles. The highest BCUT2D eigenvalue weighted by molar-refractivity contribution is 9.10. The Morgan fingerprint density at radius 1 is 1.39 bits per heavy atom. The van der Waals surface area contributed by atoms with E-state index < -0.39 is 0 Å². The van der Waals surface area contributed by atoms with Gasteiger partial charge in [0.2, 0.25) is 0 Å². The second-order valence-electron chi connectivity index (χ2n) is 5.10. The van der Waals surface area contributed by atoms with Gasteiger partial charge in [-0.2, -0.15) is 5.10 Å². The van der Waals surface area contributed by atoms with E-state index in [-0.39, 0.29) is 0 Å². The number of fused-ring (bicyclic) bond motifs is 1. The Bertz CT molecular complexity index is 543. The molecule has 0 amide bonds. The summed E-state index contributed by atoms with van der Waals surface area (Å²) in [6.45, 7) is 2.39. The number of nitrogens with zero attached hydrogens (tertiary/aromatic N) is 4. The van der Waals surface area contributed by atoms with Gasteiger partial charge in [-0.05, 0) is 67.0 Å². The fraction of sp³-hybridized carbons (Fsp3) is 0.538. The summed E-state index contributed by atoms with van der Waals surface area (Å²) in [4.78, 5) is 7.01. The quantitative estimate of drug-likeness (QED) is 0.854. The Morgan fingerprint density at radius 2 is 2.17 bits per heavy atom. The molecular formula is C13H17BrN4. The van der Waals surface area contributed by atoms with Crippen LogP contribution >= 0.6 is 15.9 Å². The maximum absolute atomic E-state index is 4.62. The van der Waals surface area contributed by atoms with E-state index in [9.17, 15) is 0 Å². The van der Waals surface area contributed by atoms with E-state index in [4.69, 9.17) is 0 Å². The van der Waals surface area contributed by atoms with E-state index in [0.717, 1.165) is 28.3 Å². The SMILES string of the molecule is CN1CCC(Cc2nc3c(Br)cccn3n2)CC1. The molecule has 18 heavy (non-hydrogen) atoms. The number of likely N-dealkylation sites (tertiary alicyclic amines) is 1. The van der Waals surface area contributed by atoms with Gasteiger partial charge in [-0.1, -0.05) is 0 Å². The molecule has 3 rings (SSSR count). The molecule has 1 fully saturated rings. The van der Waals surface area contributed by atoms with Gasteiger partial charge in [-0.25, -0.2) is 9.50 Å². The first kappa shape index (κ1) is 12.1. The zero-order valence-electron chi connectivity index (χ0n) is 10.5. The van der Waals surface area contributed by atoms with E-state index in [1.165, 1.54) is 25.9 Å². The summed E-state index contributed by atoms with van der Waals surface area (Å²) in [5.41, 5.74) is 0.917. The summed E-state index contributed by atoms with van der Waals surface area (Å²) < 4.78 is 2.86. The largest absolute Gasteiger partial charge is 0.306 e. The molecule has 4 nitrogen and oxygen atoms in total. The van der Waals surface area contributed by atoms with E-state index in [1.54, 1.807) is 0 Å². The van der Waals surface area contributed by atoms with Gasteiger partial charge in [0.25, 0.3) is 0 Å². The van der Waals surface area contributed by atoms with Crippen molar-refractivity contribution < 1.29 is 0 Å². The second kappa shape index (κ2) is 4.97. The summed E-state index contributed by atoms with van der Waals surface area (Å²) >= 11 is 3.51. The third kappa shape index (κ3) is 2.42. The minimum Gasteiger partial charge on any atom is -0.306 e. The fourth-order valence-electron chi connectivity index (χ4n) is 2.53. The predicted molar refractivity (Wildman–Crippen MR) is 74.6 cm³/mol. The summed E-state index contributed by atoms with van der Waals surface area (Å²) in [5.74, 6) is 1.70. The highest BCUT2D eigenvalue weighted by Crippen LogP contribution is 2.21.